The number of benzene rings is 1. The van der Waals surface area contributed by atoms with Crippen LogP contribution in [0.4, 0.5) is 0 Å². The second-order valence-electron chi connectivity index (χ2n) is 10.1. The van der Waals surface area contributed by atoms with Crippen molar-refractivity contribution in [2.24, 2.45) is 11.8 Å². The van der Waals surface area contributed by atoms with E-state index < -0.39 is 5.41 Å². The summed E-state index contributed by atoms with van der Waals surface area (Å²) in [5, 5.41) is 9.59. The SMILES string of the molecule is C=CC1C[C@H](OC(=O)C2(c3cccs3)CCCCCC2)C1CCNCc1noc(-c2ccccc2)n1. The minimum Gasteiger partial charge on any atom is -0.461 e. The maximum absolute atomic E-state index is 13.7. The van der Waals surface area contributed by atoms with Crippen molar-refractivity contribution in [1.82, 2.24) is 15.5 Å². The summed E-state index contributed by atoms with van der Waals surface area (Å²) in [5.74, 6) is 1.82. The number of carbonyl (C=O) groups is 1. The molecule has 2 aliphatic carbocycles. The van der Waals surface area contributed by atoms with Crippen molar-refractivity contribution in [1.29, 1.82) is 0 Å². The smallest absolute Gasteiger partial charge is 0.317 e. The number of carbonyl (C=O) groups excluding carboxylic acids is 1. The van der Waals surface area contributed by atoms with Crippen LogP contribution in [0.3, 0.4) is 0 Å². The third-order valence-electron chi connectivity index (χ3n) is 7.86. The fourth-order valence-corrected chi connectivity index (χ4v) is 6.66. The quantitative estimate of drug-likeness (QED) is 0.151. The Morgan fingerprint density at radius 2 is 1.97 bits per heavy atom. The van der Waals surface area contributed by atoms with Crippen molar-refractivity contribution in [2.75, 3.05) is 6.54 Å². The molecule has 0 bridgehead atoms. The Bertz CT molecular complexity index is 1120. The number of nitrogens with one attached hydrogen (secondary N) is 1. The molecule has 1 N–H and O–H groups in total. The summed E-state index contributed by atoms with van der Waals surface area (Å²) in [4.78, 5) is 19.3. The Kier molecular flexibility index (Phi) is 7.97. The zero-order valence-corrected chi connectivity index (χ0v) is 21.6. The molecule has 2 fully saturated rings. The van der Waals surface area contributed by atoms with Crippen molar-refractivity contribution < 1.29 is 14.1 Å². The van der Waals surface area contributed by atoms with Crippen LogP contribution >= 0.6 is 11.3 Å². The molecule has 3 aromatic rings. The van der Waals surface area contributed by atoms with Gasteiger partial charge in [0.2, 0.25) is 0 Å². The van der Waals surface area contributed by atoms with Crippen molar-refractivity contribution in [3.8, 4) is 11.5 Å². The normalized spacial score (nSPS) is 23.4. The van der Waals surface area contributed by atoms with Gasteiger partial charge in [-0.15, -0.1) is 17.9 Å². The van der Waals surface area contributed by atoms with Crippen molar-refractivity contribution in [2.45, 2.75) is 69.4 Å². The molecule has 2 heterocycles. The maximum Gasteiger partial charge on any atom is 0.317 e. The summed E-state index contributed by atoms with van der Waals surface area (Å²) in [7, 11) is 0. The number of hydrogen-bond acceptors (Lipinski definition) is 7. The lowest BCUT2D eigenvalue weighted by Gasteiger charge is -2.44. The van der Waals surface area contributed by atoms with E-state index in [9.17, 15) is 4.79 Å². The number of aromatic nitrogens is 2. The van der Waals surface area contributed by atoms with Gasteiger partial charge in [0.1, 0.15) is 11.5 Å². The van der Waals surface area contributed by atoms with E-state index in [-0.39, 0.29) is 18.0 Å². The topological polar surface area (TPSA) is 77.2 Å². The van der Waals surface area contributed by atoms with Crippen LogP contribution in [0.1, 0.15) is 62.1 Å². The predicted octanol–water partition coefficient (Wildman–Crippen LogP) is 6.30. The molecule has 2 aliphatic rings. The van der Waals surface area contributed by atoms with Crippen LogP contribution in [-0.4, -0.2) is 28.8 Å². The highest BCUT2D eigenvalue weighted by Gasteiger charge is 2.47. The lowest BCUT2D eigenvalue weighted by atomic mass is 9.69. The van der Waals surface area contributed by atoms with Gasteiger partial charge in [0, 0.05) is 16.4 Å². The van der Waals surface area contributed by atoms with Crippen LogP contribution in [0, 0.1) is 11.8 Å². The standard InChI is InChI=1S/C29H35N3O3S/c1-2-21-19-24(34-28(33)29(25-13-10-18-36-25)15-8-3-4-9-16-29)23(21)14-17-30-20-26-31-27(35-32-26)22-11-6-5-7-12-22/h2,5-7,10-13,18,21,23-24,30H,1,3-4,8-9,14-17,19-20H2/t21?,23?,24-/m0/s1. The molecular weight excluding hydrogens is 470 g/mol. The third-order valence-corrected chi connectivity index (χ3v) is 8.93. The first-order valence-corrected chi connectivity index (χ1v) is 14.0. The van der Waals surface area contributed by atoms with Crippen LogP contribution in [0.2, 0.25) is 0 Å². The van der Waals surface area contributed by atoms with Crippen LogP contribution in [0.5, 0.6) is 0 Å². The van der Waals surface area contributed by atoms with Crippen LogP contribution in [0.25, 0.3) is 11.5 Å². The average Bonchev–Trinajstić information content (AvgIpc) is 3.55. The van der Waals surface area contributed by atoms with Gasteiger partial charge >= 0.3 is 5.97 Å². The fraction of sp³-hybridized carbons (Fsp3) is 0.483. The van der Waals surface area contributed by atoms with E-state index >= 15 is 0 Å². The fourth-order valence-electron chi connectivity index (χ4n) is 5.68. The number of allylic oxidation sites excluding steroid dienone is 1. The zero-order valence-electron chi connectivity index (χ0n) is 20.7. The minimum atomic E-state index is -0.470. The van der Waals surface area contributed by atoms with Crippen molar-refractivity contribution in [3.05, 3.63) is 71.2 Å². The number of thiophene rings is 1. The van der Waals surface area contributed by atoms with Crippen molar-refractivity contribution in [3.63, 3.8) is 0 Å². The molecule has 0 amide bonds. The second kappa shape index (κ2) is 11.5. The van der Waals surface area contributed by atoms with Gasteiger partial charge < -0.3 is 14.6 Å². The first-order chi connectivity index (χ1) is 17.7. The predicted molar refractivity (Wildman–Crippen MR) is 141 cm³/mol. The third kappa shape index (κ3) is 5.32. The molecule has 0 saturated heterocycles. The highest BCUT2D eigenvalue weighted by Crippen LogP contribution is 2.45. The average molecular weight is 506 g/mol. The molecule has 0 radical (unpaired) electrons. The summed E-state index contributed by atoms with van der Waals surface area (Å²) in [6, 6.07) is 13.9. The molecule has 2 saturated carbocycles. The van der Waals surface area contributed by atoms with E-state index in [1.165, 1.54) is 17.7 Å². The van der Waals surface area contributed by atoms with E-state index in [0.717, 1.165) is 50.6 Å². The summed E-state index contributed by atoms with van der Waals surface area (Å²) in [6.07, 6.45) is 10.1. The molecule has 6 nitrogen and oxygen atoms in total. The maximum atomic E-state index is 13.7. The van der Waals surface area contributed by atoms with Gasteiger partial charge in [-0.25, -0.2) is 0 Å². The molecular formula is C29H35N3O3S. The van der Waals surface area contributed by atoms with Gasteiger partial charge in [-0.1, -0.05) is 61.2 Å². The second-order valence-corrected chi connectivity index (χ2v) is 11.0. The van der Waals surface area contributed by atoms with Gasteiger partial charge in [-0.3, -0.25) is 4.79 Å². The highest BCUT2D eigenvalue weighted by atomic mass is 32.1. The summed E-state index contributed by atoms with van der Waals surface area (Å²) < 4.78 is 11.7. The Morgan fingerprint density at radius 3 is 2.69 bits per heavy atom. The summed E-state index contributed by atoms with van der Waals surface area (Å²) >= 11 is 1.69. The molecule has 36 heavy (non-hydrogen) atoms. The Balaban J connectivity index is 1.15. The molecule has 1 aromatic carbocycles. The largest absolute Gasteiger partial charge is 0.461 e. The Hall–Kier alpha value is -2.77. The lowest BCUT2D eigenvalue weighted by Crippen LogP contribution is -2.48. The molecule has 2 aromatic heterocycles. The van der Waals surface area contributed by atoms with Crippen molar-refractivity contribution >= 4 is 17.3 Å². The number of rotatable bonds is 10. The highest BCUT2D eigenvalue weighted by molar-refractivity contribution is 7.10. The first-order valence-electron chi connectivity index (χ1n) is 13.2. The van der Waals surface area contributed by atoms with E-state index in [1.54, 1.807) is 11.3 Å². The zero-order chi connectivity index (χ0) is 24.8. The van der Waals surface area contributed by atoms with E-state index in [2.05, 4.69) is 39.5 Å². The Morgan fingerprint density at radius 1 is 1.17 bits per heavy atom. The Labute approximate surface area is 217 Å². The molecule has 190 valence electrons. The number of ether oxygens (including phenoxy) is 1. The van der Waals surface area contributed by atoms with Crippen LogP contribution in [0.15, 0.2) is 65.0 Å². The first kappa shape index (κ1) is 24.9. The molecule has 3 atom stereocenters. The van der Waals surface area contributed by atoms with Gasteiger partial charge in [-0.05, 0) is 61.7 Å². The lowest BCUT2D eigenvalue weighted by molar-refractivity contribution is -0.169. The van der Waals surface area contributed by atoms with E-state index in [1.807, 2.05) is 36.4 Å². The summed E-state index contributed by atoms with van der Waals surface area (Å²) in [5.41, 5.74) is 0.445. The number of hydrogen-bond donors (Lipinski definition) is 1. The molecule has 0 aliphatic heterocycles. The molecule has 0 spiro atoms. The van der Waals surface area contributed by atoms with Gasteiger partial charge in [0.15, 0.2) is 5.82 Å². The van der Waals surface area contributed by atoms with Gasteiger partial charge in [0.05, 0.1) is 6.54 Å². The molecule has 2 unspecified atom stereocenters. The minimum absolute atomic E-state index is 0.0161. The number of esters is 1. The van der Waals surface area contributed by atoms with Crippen LogP contribution < -0.4 is 5.32 Å². The van der Waals surface area contributed by atoms with E-state index in [0.29, 0.717) is 24.2 Å². The monoisotopic (exact) mass is 505 g/mol. The molecule has 7 heteroatoms. The van der Waals surface area contributed by atoms with Crippen LogP contribution in [-0.2, 0) is 21.5 Å². The van der Waals surface area contributed by atoms with Gasteiger partial charge in [0.25, 0.3) is 5.89 Å². The van der Waals surface area contributed by atoms with E-state index in [4.69, 9.17) is 9.26 Å². The summed E-state index contributed by atoms with van der Waals surface area (Å²) in [6.45, 7) is 5.34. The van der Waals surface area contributed by atoms with Gasteiger partial charge in [-0.2, -0.15) is 4.98 Å². The molecule has 5 rings (SSSR count). The number of nitrogens with zero attached hydrogens (tertiary/aromatic N) is 2.